The first-order valence-electron chi connectivity index (χ1n) is 20.4. The molecule has 8 aromatic rings. The van der Waals surface area contributed by atoms with Crippen molar-refractivity contribution in [1.82, 2.24) is 39.9 Å². The molecule has 8 aromatic heterocycles. The van der Waals surface area contributed by atoms with Crippen LogP contribution in [0.2, 0.25) is 0 Å². The first-order valence-corrected chi connectivity index (χ1v) is 31.4. The van der Waals surface area contributed by atoms with Gasteiger partial charge in [0.1, 0.15) is 0 Å². The van der Waals surface area contributed by atoms with E-state index in [9.17, 15) is 0 Å². The summed E-state index contributed by atoms with van der Waals surface area (Å²) in [6.07, 6.45) is 21.0. The van der Waals surface area contributed by atoms with Crippen LogP contribution in [0.3, 0.4) is 0 Å². The molecule has 62 heavy (non-hydrogen) atoms. The van der Waals surface area contributed by atoms with Gasteiger partial charge in [0.25, 0.3) is 0 Å². The number of rotatable bonds is 20. The number of hydrogen-bond acceptors (Lipinski definition) is 8. The third kappa shape index (κ3) is 11.7. The molecule has 14 heteroatoms. The SMILES string of the molecule is [Cl][Au]([CH](CCCP(c1ccccn1)c1ccccn1)P(c1ccccn1)c1ccccn1)[CH](CCCP(c1ccccn1)c1ccccn1)P(c1ccccn1)c1ccccn1. The molecule has 2 atom stereocenters. The third-order valence-electron chi connectivity index (χ3n) is 9.80. The topological polar surface area (TPSA) is 103 Å². The molecule has 8 rings (SSSR count). The first-order chi connectivity index (χ1) is 30.7. The van der Waals surface area contributed by atoms with Crippen LogP contribution in [0.25, 0.3) is 0 Å². The van der Waals surface area contributed by atoms with Gasteiger partial charge in [-0.2, -0.15) is 0 Å². The van der Waals surface area contributed by atoms with Crippen LogP contribution in [-0.4, -0.2) is 59.9 Å². The van der Waals surface area contributed by atoms with Crippen LogP contribution < -0.4 is 43.5 Å². The standard InChI is InChI=1S/2C24H23N4P2.Au.ClH/c2*1-5-15-25-21(11-1)29(22-12-2-6-16-26-22)19-9-10-20-30(23-13-3-7-17-27-23)24-14-4-8-18-28-24;;/h2*1-8,11-19H,9-10,20H2;;1H/q;;+1;/p-1. The van der Waals surface area contributed by atoms with Crippen LogP contribution in [0.5, 0.6) is 0 Å². The van der Waals surface area contributed by atoms with Gasteiger partial charge in [0.05, 0.1) is 0 Å². The summed E-state index contributed by atoms with van der Waals surface area (Å²) in [6, 6.07) is 50.1. The molecule has 0 aromatic carbocycles. The Hall–Kier alpha value is -4.05. The second kappa shape index (κ2) is 23.6. The molecular formula is C48H46AuClN8P4. The molecule has 0 aliphatic rings. The van der Waals surface area contributed by atoms with Crippen LogP contribution in [0, 0.1) is 0 Å². The second-order valence-corrected chi connectivity index (χ2v) is 31.6. The van der Waals surface area contributed by atoms with Gasteiger partial charge in [0.15, 0.2) is 0 Å². The van der Waals surface area contributed by atoms with Gasteiger partial charge in [-0.05, 0) is 0 Å². The summed E-state index contributed by atoms with van der Waals surface area (Å²) >= 11 is -2.46. The molecule has 0 saturated carbocycles. The molecule has 0 amide bonds. The van der Waals surface area contributed by atoms with E-state index in [0.717, 1.165) is 81.5 Å². The Morgan fingerprint density at radius 3 is 0.774 bits per heavy atom. The Kier molecular flexibility index (Phi) is 16.9. The van der Waals surface area contributed by atoms with Crippen LogP contribution >= 0.6 is 40.9 Å². The molecule has 2 unspecified atom stereocenters. The van der Waals surface area contributed by atoms with E-state index in [1.807, 2.05) is 98.1 Å². The Morgan fingerprint density at radius 1 is 0.339 bits per heavy atom. The molecule has 0 aliphatic heterocycles. The van der Waals surface area contributed by atoms with Crippen molar-refractivity contribution in [2.75, 3.05) is 12.3 Å². The maximum atomic E-state index is 8.53. The van der Waals surface area contributed by atoms with E-state index in [1.165, 1.54) is 0 Å². The number of aromatic nitrogens is 8. The zero-order valence-electron chi connectivity index (χ0n) is 33.9. The monoisotopic (exact) mass is 1090 g/mol. The second-order valence-electron chi connectivity index (χ2n) is 13.8. The summed E-state index contributed by atoms with van der Waals surface area (Å²) in [5.41, 5.74) is 8.65. The van der Waals surface area contributed by atoms with Crippen molar-refractivity contribution in [2.24, 2.45) is 0 Å². The Balaban J connectivity index is 1.21. The molecule has 0 N–H and O–H groups in total. The van der Waals surface area contributed by atoms with Crippen molar-refractivity contribution in [3.05, 3.63) is 195 Å². The number of nitrogens with zero attached hydrogens (tertiary/aromatic N) is 8. The minimum absolute atomic E-state index is 0.159. The molecule has 0 spiro atoms. The van der Waals surface area contributed by atoms with Crippen molar-refractivity contribution in [3.8, 4) is 0 Å². The van der Waals surface area contributed by atoms with Gasteiger partial charge in [-0.15, -0.1) is 0 Å². The van der Waals surface area contributed by atoms with E-state index in [-0.39, 0.29) is 7.75 Å². The summed E-state index contributed by atoms with van der Waals surface area (Å²) in [7, 11) is 4.86. The minimum atomic E-state index is -2.46. The molecule has 0 fully saturated rings. The molecule has 0 bridgehead atoms. The Bertz CT molecular complexity index is 2150. The zero-order valence-corrected chi connectivity index (χ0v) is 40.4. The molecule has 0 aliphatic carbocycles. The van der Waals surface area contributed by atoms with Gasteiger partial charge < -0.3 is 0 Å². The average Bonchev–Trinajstić information content (AvgIpc) is 3.35. The van der Waals surface area contributed by atoms with Crippen LogP contribution in [0.15, 0.2) is 195 Å². The van der Waals surface area contributed by atoms with Gasteiger partial charge in [0.2, 0.25) is 0 Å². The van der Waals surface area contributed by atoms with Gasteiger partial charge in [0, 0.05) is 0 Å². The van der Waals surface area contributed by atoms with Gasteiger partial charge in [-0.3, -0.25) is 0 Å². The third-order valence-corrected chi connectivity index (χ3v) is 33.4. The van der Waals surface area contributed by atoms with Gasteiger partial charge in [-0.25, -0.2) is 0 Å². The first kappa shape index (κ1) is 44.6. The fourth-order valence-electron chi connectivity index (χ4n) is 7.01. The molecule has 8 nitrogen and oxygen atoms in total. The maximum absolute atomic E-state index is 8.53. The zero-order chi connectivity index (χ0) is 42.2. The number of halogens is 1. The Labute approximate surface area is 379 Å². The summed E-state index contributed by atoms with van der Waals surface area (Å²) in [5, 5.41) is 0. The van der Waals surface area contributed by atoms with Gasteiger partial charge in [-0.1, -0.05) is 0 Å². The number of hydrogen-bond donors (Lipinski definition) is 0. The quantitative estimate of drug-likeness (QED) is 0.0567. The summed E-state index contributed by atoms with van der Waals surface area (Å²) in [5.74, 6) is 0. The molecule has 0 saturated heterocycles. The van der Waals surface area contributed by atoms with Crippen LogP contribution in [0.1, 0.15) is 25.7 Å². The Morgan fingerprint density at radius 2 is 0.565 bits per heavy atom. The van der Waals surface area contributed by atoms with Crippen molar-refractivity contribution in [2.45, 2.75) is 33.4 Å². The average molecular weight is 1090 g/mol. The summed E-state index contributed by atoms with van der Waals surface area (Å²) in [6.45, 7) is 0. The van der Waals surface area contributed by atoms with E-state index >= 15 is 0 Å². The van der Waals surface area contributed by atoms with E-state index in [2.05, 4.69) is 97.1 Å². The van der Waals surface area contributed by atoms with Crippen LogP contribution in [0.4, 0.5) is 0 Å². The molecule has 8 heterocycles. The van der Waals surface area contributed by atoms with Crippen molar-refractivity contribution in [3.63, 3.8) is 0 Å². The molecule has 0 radical (unpaired) electrons. The van der Waals surface area contributed by atoms with Crippen molar-refractivity contribution >= 4 is 84.4 Å². The van der Waals surface area contributed by atoms with Gasteiger partial charge >= 0.3 is 383 Å². The van der Waals surface area contributed by atoms with Crippen molar-refractivity contribution in [1.29, 1.82) is 0 Å². The molecule has 316 valence electrons. The van der Waals surface area contributed by atoms with E-state index in [4.69, 9.17) is 49.1 Å². The summed E-state index contributed by atoms with van der Waals surface area (Å²) < 4.78 is 0.317. The van der Waals surface area contributed by atoms with Crippen molar-refractivity contribution < 1.29 is 17.4 Å². The van der Waals surface area contributed by atoms with E-state index in [1.54, 1.807) is 0 Å². The molecular weight excluding hydrogens is 1040 g/mol. The predicted octanol–water partition coefficient (Wildman–Crippen LogP) is 7.66. The van der Waals surface area contributed by atoms with E-state index < -0.39 is 49.0 Å². The van der Waals surface area contributed by atoms with Crippen LogP contribution in [-0.2, 0) is 17.4 Å². The number of pyridine rings is 8. The fourth-order valence-corrected chi connectivity index (χ4v) is 31.8. The summed E-state index contributed by atoms with van der Waals surface area (Å²) in [4.78, 5) is 39.8. The predicted molar refractivity (Wildman–Crippen MR) is 260 cm³/mol. The normalized spacial score (nSPS) is 12.8. The fraction of sp³-hybridized carbons (Fsp3) is 0.167. The van der Waals surface area contributed by atoms with E-state index in [0.29, 0.717) is 0 Å².